The number of methoxy groups -OCH3 is 1. The second kappa shape index (κ2) is 18.4. The summed E-state index contributed by atoms with van der Waals surface area (Å²) in [5.74, 6) is -0.239. The van der Waals surface area contributed by atoms with Crippen molar-refractivity contribution in [3.8, 4) is 11.5 Å². The van der Waals surface area contributed by atoms with Crippen LogP contribution in [-0.4, -0.2) is 51.3 Å². The van der Waals surface area contributed by atoms with E-state index in [-0.39, 0.29) is 24.3 Å². The zero-order chi connectivity index (χ0) is 37.1. The monoisotopic (exact) mass is 729 g/mol. The lowest BCUT2D eigenvalue weighted by atomic mass is 9.94. The van der Waals surface area contributed by atoms with E-state index in [9.17, 15) is 14.0 Å². The van der Waals surface area contributed by atoms with Crippen molar-refractivity contribution in [2.24, 2.45) is 5.41 Å². The lowest BCUT2D eigenvalue weighted by Crippen LogP contribution is -2.45. The predicted octanol–water partition coefficient (Wildman–Crippen LogP) is 8.05. The molecule has 5 rings (SSSR count). The summed E-state index contributed by atoms with van der Waals surface area (Å²) in [5.41, 5.74) is 3.32. The highest BCUT2D eigenvalue weighted by Gasteiger charge is 2.40. The molecule has 276 valence electrons. The standard InChI is InChI=1S/C42H49ClFN3O5/c1-42(2,3)28-47-35-21-20-31(43)25-33(35)39(52-37(41(47)49)26-38(48)46-27-30-16-8-9-18-34(30)44)32-17-12-19-36(40(32)50-4)51-24-23-45-22-11-10-15-29-13-6-5-7-14-29/h5-9,12-14,16-21,25,37,39,45H,10-11,15,22-24,26-28H2,1-4H3,(H,46,48). The molecule has 8 nitrogen and oxygen atoms in total. The molecule has 0 aliphatic carbocycles. The molecule has 2 unspecified atom stereocenters. The van der Waals surface area contributed by atoms with Crippen LogP contribution in [0.4, 0.5) is 10.1 Å². The first kappa shape index (κ1) is 38.8. The fraction of sp³-hybridized carbons (Fsp3) is 0.381. The van der Waals surface area contributed by atoms with Crippen LogP contribution in [-0.2, 0) is 27.3 Å². The number of aryl methyl sites for hydroxylation is 1. The van der Waals surface area contributed by atoms with Crippen LogP contribution in [0.3, 0.4) is 0 Å². The molecule has 0 radical (unpaired) electrons. The molecule has 0 fully saturated rings. The number of carbonyl (C=O) groups is 2. The fourth-order valence-electron chi connectivity index (χ4n) is 6.31. The average molecular weight is 730 g/mol. The Balaban J connectivity index is 1.35. The van der Waals surface area contributed by atoms with E-state index in [0.29, 0.717) is 58.6 Å². The van der Waals surface area contributed by atoms with Crippen molar-refractivity contribution in [2.75, 3.05) is 38.3 Å². The third kappa shape index (κ3) is 10.6. The molecule has 10 heteroatoms. The van der Waals surface area contributed by atoms with E-state index in [1.54, 1.807) is 42.3 Å². The molecule has 4 aromatic carbocycles. The van der Waals surface area contributed by atoms with Crippen LogP contribution in [0.5, 0.6) is 11.5 Å². The molecule has 2 atom stereocenters. The Labute approximate surface area is 311 Å². The molecule has 1 aliphatic rings. The summed E-state index contributed by atoms with van der Waals surface area (Å²) in [6.45, 7) is 8.41. The highest BCUT2D eigenvalue weighted by Crippen LogP contribution is 2.45. The SMILES string of the molecule is COc1c(OCCNCCCCc2ccccc2)cccc1C1OC(CC(=O)NCc2ccccc2F)C(=O)N(CC(C)(C)C)c2ccc(Cl)cc21. The first-order valence-corrected chi connectivity index (χ1v) is 18.2. The third-order valence-electron chi connectivity index (χ3n) is 8.79. The van der Waals surface area contributed by atoms with Gasteiger partial charge in [-0.15, -0.1) is 0 Å². The van der Waals surface area contributed by atoms with E-state index in [1.807, 2.05) is 51.1 Å². The van der Waals surface area contributed by atoms with Gasteiger partial charge in [-0.05, 0) is 67.1 Å². The summed E-state index contributed by atoms with van der Waals surface area (Å²) in [7, 11) is 1.57. The summed E-state index contributed by atoms with van der Waals surface area (Å²) in [5, 5.41) is 6.68. The van der Waals surface area contributed by atoms with Gasteiger partial charge in [0.25, 0.3) is 5.91 Å². The molecule has 0 saturated carbocycles. The van der Waals surface area contributed by atoms with E-state index in [0.717, 1.165) is 25.8 Å². The van der Waals surface area contributed by atoms with Gasteiger partial charge < -0.3 is 29.7 Å². The van der Waals surface area contributed by atoms with Gasteiger partial charge in [-0.1, -0.05) is 93.0 Å². The van der Waals surface area contributed by atoms with Crippen molar-refractivity contribution >= 4 is 29.1 Å². The third-order valence-corrected chi connectivity index (χ3v) is 9.02. The van der Waals surface area contributed by atoms with E-state index in [1.165, 1.54) is 11.6 Å². The quantitative estimate of drug-likeness (QED) is 0.114. The minimum Gasteiger partial charge on any atom is -0.492 e. The topological polar surface area (TPSA) is 89.1 Å². The minimum atomic E-state index is -1.17. The Kier molecular flexibility index (Phi) is 13.7. The first-order valence-electron chi connectivity index (χ1n) is 17.8. The predicted molar refractivity (Wildman–Crippen MR) is 204 cm³/mol. The number of anilines is 1. The van der Waals surface area contributed by atoms with Crippen LogP contribution in [0.25, 0.3) is 0 Å². The summed E-state index contributed by atoms with van der Waals surface area (Å²) >= 11 is 6.58. The molecule has 2 amide bonds. The molecule has 52 heavy (non-hydrogen) atoms. The number of hydrogen-bond donors (Lipinski definition) is 2. The molecule has 0 spiro atoms. The number of halogens is 2. The van der Waals surface area contributed by atoms with Gasteiger partial charge in [0.05, 0.1) is 13.5 Å². The number of ether oxygens (including phenoxy) is 3. The zero-order valence-electron chi connectivity index (χ0n) is 30.4. The summed E-state index contributed by atoms with van der Waals surface area (Å²) in [6, 6.07) is 27.6. The van der Waals surface area contributed by atoms with Gasteiger partial charge in [0, 0.05) is 47.0 Å². The maximum absolute atomic E-state index is 14.3. The molecule has 1 aliphatic heterocycles. The highest BCUT2D eigenvalue weighted by molar-refractivity contribution is 6.30. The van der Waals surface area contributed by atoms with Crippen molar-refractivity contribution in [3.63, 3.8) is 0 Å². The average Bonchev–Trinajstić information content (AvgIpc) is 3.22. The maximum atomic E-state index is 14.3. The van der Waals surface area contributed by atoms with Crippen LogP contribution in [0.15, 0.2) is 91.0 Å². The number of benzene rings is 4. The number of nitrogens with zero attached hydrogens (tertiary/aromatic N) is 1. The fourth-order valence-corrected chi connectivity index (χ4v) is 6.49. The van der Waals surface area contributed by atoms with E-state index >= 15 is 0 Å². The number of fused-ring (bicyclic) bond motifs is 1. The number of unbranched alkanes of at least 4 members (excludes halogenated alkanes) is 1. The Hall–Kier alpha value is -4.44. The van der Waals surface area contributed by atoms with Crippen LogP contribution >= 0.6 is 11.6 Å². The normalized spacial score (nSPS) is 15.9. The van der Waals surface area contributed by atoms with Crippen molar-refractivity contribution in [2.45, 2.75) is 65.2 Å². The number of amides is 2. The van der Waals surface area contributed by atoms with Gasteiger partial charge in [0.1, 0.15) is 24.6 Å². The van der Waals surface area contributed by atoms with E-state index in [4.69, 9.17) is 25.8 Å². The minimum absolute atomic E-state index is 0.0207. The Morgan fingerprint density at radius 2 is 1.71 bits per heavy atom. The lowest BCUT2D eigenvalue weighted by Gasteiger charge is -2.31. The van der Waals surface area contributed by atoms with Gasteiger partial charge in [-0.2, -0.15) is 0 Å². The van der Waals surface area contributed by atoms with Crippen molar-refractivity contribution in [1.29, 1.82) is 0 Å². The van der Waals surface area contributed by atoms with Gasteiger partial charge in [0.2, 0.25) is 5.91 Å². The van der Waals surface area contributed by atoms with E-state index < -0.39 is 23.9 Å². The lowest BCUT2D eigenvalue weighted by molar-refractivity contribution is -0.138. The molecule has 0 aromatic heterocycles. The van der Waals surface area contributed by atoms with Crippen molar-refractivity contribution < 1.29 is 28.2 Å². The van der Waals surface area contributed by atoms with Crippen LogP contribution < -0.4 is 25.0 Å². The van der Waals surface area contributed by atoms with Gasteiger partial charge in [0.15, 0.2) is 11.5 Å². The molecule has 4 aromatic rings. The number of nitrogens with one attached hydrogen (secondary N) is 2. The second-order valence-corrected chi connectivity index (χ2v) is 14.6. The summed E-state index contributed by atoms with van der Waals surface area (Å²) in [6.07, 6.45) is 0.931. The Bertz CT molecular complexity index is 1800. The maximum Gasteiger partial charge on any atom is 0.256 e. The summed E-state index contributed by atoms with van der Waals surface area (Å²) < 4.78 is 33.1. The molecular formula is C42H49ClFN3O5. The van der Waals surface area contributed by atoms with Gasteiger partial charge in [-0.3, -0.25) is 9.59 Å². The zero-order valence-corrected chi connectivity index (χ0v) is 31.2. The Morgan fingerprint density at radius 1 is 0.942 bits per heavy atom. The smallest absolute Gasteiger partial charge is 0.256 e. The van der Waals surface area contributed by atoms with Crippen LogP contribution in [0.2, 0.25) is 5.02 Å². The molecule has 2 N–H and O–H groups in total. The Morgan fingerprint density at radius 3 is 2.46 bits per heavy atom. The molecule has 0 saturated heterocycles. The molecular weight excluding hydrogens is 681 g/mol. The second-order valence-electron chi connectivity index (χ2n) is 14.2. The molecule has 1 heterocycles. The number of hydrogen-bond acceptors (Lipinski definition) is 6. The highest BCUT2D eigenvalue weighted by atomic mass is 35.5. The first-order chi connectivity index (χ1) is 25.0. The number of para-hydroxylation sites is 1. The largest absolute Gasteiger partial charge is 0.492 e. The van der Waals surface area contributed by atoms with Crippen LogP contribution in [0, 0.1) is 11.2 Å². The van der Waals surface area contributed by atoms with Crippen LogP contribution in [0.1, 0.15) is 68.4 Å². The molecule has 0 bridgehead atoms. The van der Waals surface area contributed by atoms with Crippen molar-refractivity contribution in [1.82, 2.24) is 10.6 Å². The summed E-state index contributed by atoms with van der Waals surface area (Å²) in [4.78, 5) is 29.4. The van der Waals surface area contributed by atoms with E-state index in [2.05, 4.69) is 34.9 Å². The van der Waals surface area contributed by atoms with Crippen molar-refractivity contribution in [3.05, 3.63) is 124 Å². The van der Waals surface area contributed by atoms with Gasteiger partial charge >= 0.3 is 0 Å². The number of rotatable bonds is 16. The van der Waals surface area contributed by atoms with Gasteiger partial charge in [-0.25, -0.2) is 4.39 Å². The number of carbonyl (C=O) groups excluding carboxylic acids is 2.